The summed E-state index contributed by atoms with van der Waals surface area (Å²) in [6.45, 7) is 52.0. The first-order chi connectivity index (χ1) is 42.5. The van der Waals surface area contributed by atoms with E-state index in [-0.39, 0.29) is 61.0 Å². The molecule has 8 aromatic carbocycles. The number of benzene rings is 8. The van der Waals surface area contributed by atoms with Crippen LogP contribution in [0.3, 0.4) is 0 Å². The van der Waals surface area contributed by atoms with Crippen molar-refractivity contribution in [3.63, 3.8) is 0 Å². The van der Waals surface area contributed by atoms with Gasteiger partial charge in [-0.1, -0.05) is 229 Å². The van der Waals surface area contributed by atoms with E-state index < -0.39 is 0 Å². The van der Waals surface area contributed by atoms with Crippen molar-refractivity contribution in [2.75, 3.05) is 14.7 Å². The lowest BCUT2D eigenvalue weighted by atomic mass is 9.33. The van der Waals surface area contributed by atoms with Crippen LogP contribution in [0.2, 0.25) is 0 Å². The van der Waals surface area contributed by atoms with Crippen molar-refractivity contribution in [1.29, 1.82) is 0 Å². The van der Waals surface area contributed by atoms with Crippen molar-refractivity contribution in [1.82, 2.24) is 0 Å². The van der Waals surface area contributed by atoms with Crippen LogP contribution >= 0.6 is 0 Å². The topological polar surface area (TPSA) is 9.72 Å². The number of rotatable bonds is 5. The van der Waals surface area contributed by atoms with Crippen LogP contribution in [-0.4, -0.2) is 12.3 Å². The highest BCUT2D eigenvalue weighted by Crippen LogP contribution is 2.64. The van der Waals surface area contributed by atoms with E-state index >= 15 is 0 Å². The van der Waals surface area contributed by atoms with Gasteiger partial charge in [-0.2, -0.15) is 0 Å². The Morgan fingerprint density at radius 1 is 0.363 bits per heavy atom. The van der Waals surface area contributed by atoms with Gasteiger partial charge in [0.25, 0.3) is 6.71 Å². The number of hydrogen-bond acceptors (Lipinski definition) is 3. The fourth-order valence-electron chi connectivity index (χ4n) is 20.0. The van der Waals surface area contributed by atoms with Gasteiger partial charge in [0.15, 0.2) is 0 Å². The Balaban J connectivity index is 1.10. The smallest absolute Gasteiger partial charge is 0.252 e. The molecule has 4 aliphatic carbocycles. The molecule has 2 atom stereocenters. The van der Waals surface area contributed by atoms with Crippen LogP contribution in [0.4, 0.5) is 45.5 Å². The molecule has 15 rings (SSSR count). The van der Waals surface area contributed by atoms with Crippen molar-refractivity contribution >= 4 is 68.6 Å². The number of fused-ring (bicyclic) bond motifs is 10. The minimum atomic E-state index is -0.217. The Kier molecular flexibility index (Phi) is 12.8. The summed E-state index contributed by atoms with van der Waals surface area (Å²) in [6.07, 6.45) is 9.22. The molecule has 0 N–H and O–H groups in total. The van der Waals surface area contributed by atoms with Crippen molar-refractivity contribution in [3.8, 4) is 22.3 Å². The van der Waals surface area contributed by atoms with Gasteiger partial charge in [0.05, 0.1) is 11.2 Å². The molecule has 0 aromatic heterocycles. The van der Waals surface area contributed by atoms with Crippen LogP contribution in [0, 0.1) is 6.92 Å². The lowest BCUT2D eigenvalue weighted by Crippen LogP contribution is -2.62. The third-order valence-corrected chi connectivity index (χ3v) is 25.1. The second kappa shape index (κ2) is 19.2. The molecule has 8 aromatic rings. The highest BCUT2D eigenvalue weighted by molar-refractivity contribution is 7.00. The summed E-state index contributed by atoms with van der Waals surface area (Å²) in [7, 11) is 0. The molecule has 468 valence electrons. The molecule has 3 nitrogen and oxygen atoms in total. The van der Waals surface area contributed by atoms with E-state index in [1.807, 2.05) is 0 Å². The van der Waals surface area contributed by atoms with Gasteiger partial charge in [-0.25, -0.2) is 0 Å². The number of anilines is 8. The number of hydrogen-bond donors (Lipinski definition) is 0. The summed E-state index contributed by atoms with van der Waals surface area (Å²) >= 11 is 0. The van der Waals surface area contributed by atoms with Gasteiger partial charge in [0, 0.05) is 50.8 Å². The van der Waals surface area contributed by atoms with Crippen LogP contribution in [0.25, 0.3) is 22.3 Å². The van der Waals surface area contributed by atoms with E-state index in [1.54, 1.807) is 0 Å². The summed E-state index contributed by atoms with van der Waals surface area (Å²) in [5.41, 5.74) is 34.1. The van der Waals surface area contributed by atoms with E-state index in [0.29, 0.717) is 0 Å². The second-order valence-electron chi connectivity index (χ2n) is 36.3. The Morgan fingerprint density at radius 2 is 0.824 bits per heavy atom. The number of nitrogens with zero attached hydrogens (tertiary/aromatic N) is 3. The number of aryl methyl sites for hydroxylation is 1. The molecule has 4 heteroatoms. The maximum absolute atomic E-state index is 2.90. The lowest BCUT2D eigenvalue weighted by molar-refractivity contribution is 0.195. The SMILES string of the molecule is Cc1cc2c(cc1N1c3cc4c(cc3B3c5cc6c(cc5N(c5ccc(C(C)(C)C)cc5-c5ccccc5)c5cc(N7c8ccc(-c9ccc(C(C)(C)C)cc9)cc8C8(C)CCCCC78C)cc1c53)C(C)(C)CC6(C)C)C(C)(C)CCC4(C)C)C(C)(C)CC2(C)C. The minimum Gasteiger partial charge on any atom is -0.334 e. The first-order valence-electron chi connectivity index (χ1n) is 35.0. The highest BCUT2D eigenvalue weighted by Gasteiger charge is 2.59. The molecule has 0 saturated heterocycles. The van der Waals surface area contributed by atoms with Gasteiger partial charge in [-0.15, -0.1) is 0 Å². The lowest BCUT2D eigenvalue weighted by Gasteiger charge is -2.51. The van der Waals surface area contributed by atoms with Gasteiger partial charge in [0.2, 0.25) is 0 Å². The molecule has 1 saturated carbocycles. The average molecular weight is 1200 g/mol. The predicted molar refractivity (Wildman–Crippen MR) is 393 cm³/mol. The monoisotopic (exact) mass is 1200 g/mol. The first-order valence-corrected chi connectivity index (χ1v) is 35.0. The summed E-state index contributed by atoms with van der Waals surface area (Å²) in [6, 6.07) is 57.7. The van der Waals surface area contributed by atoms with Crippen LogP contribution < -0.4 is 31.1 Å². The zero-order valence-corrected chi connectivity index (χ0v) is 59.4. The second-order valence-corrected chi connectivity index (χ2v) is 36.3. The standard InChI is InChI=1S/C87H102BN3/c1-53-41-61-65(84(16,17)51-82(61,12)13)48-72(53)90-74-49-64-62(80(8,9)39-40-81(64,10)11)46-68(74)88-69-47-63-66(85(18,19)52-83(63,14)15)50-73(69)89(70-36-34-58(79(5,6)7)43-60(70)55-27-23-22-24-28-55)75-44-59(45-76(90)77(75)88)91-71-35-31-56(54-29-32-57(33-30-54)78(2,3)4)42-67(71)86(20)37-25-26-38-87(86,91)21/h22-24,27-36,41-50H,25-26,37-40,51-52H2,1-21H3. The third kappa shape index (κ3) is 8.77. The normalized spacial score (nSPS) is 23.0. The molecule has 0 radical (unpaired) electrons. The zero-order chi connectivity index (χ0) is 64.7. The van der Waals surface area contributed by atoms with E-state index in [0.717, 1.165) is 38.5 Å². The summed E-state index contributed by atoms with van der Waals surface area (Å²) in [5.74, 6) is 0. The predicted octanol–water partition coefficient (Wildman–Crippen LogP) is 22.0. The summed E-state index contributed by atoms with van der Waals surface area (Å²) < 4.78 is 0. The largest absolute Gasteiger partial charge is 0.334 e. The van der Waals surface area contributed by atoms with Crippen molar-refractivity contribution < 1.29 is 0 Å². The average Bonchev–Trinajstić information content (AvgIpc) is 1.64. The fraction of sp³-hybridized carbons (Fsp3) is 0.448. The Bertz CT molecular complexity index is 4380. The van der Waals surface area contributed by atoms with Crippen LogP contribution in [-0.2, 0) is 48.7 Å². The summed E-state index contributed by atoms with van der Waals surface area (Å²) in [4.78, 5) is 8.55. The van der Waals surface area contributed by atoms with Gasteiger partial charge >= 0.3 is 0 Å². The molecular weight excluding hydrogens is 1100 g/mol. The van der Waals surface area contributed by atoms with Crippen molar-refractivity contribution in [2.24, 2.45) is 0 Å². The third-order valence-electron chi connectivity index (χ3n) is 25.1. The first kappa shape index (κ1) is 60.5. The van der Waals surface area contributed by atoms with E-state index in [9.17, 15) is 0 Å². The molecule has 2 unspecified atom stereocenters. The molecule has 3 heterocycles. The molecule has 0 spiro atoms. The Labute approximate surface area is 548 Å². The van der Waals surface area contributed by atoms with Gasteiger partial charge < -0.3 is 14.7 Å². The van der Waals surface area contributed by atoms with Gasteiger partial charge in [0.1, 0.15) is 0 Å². The zero-order valence-electron chi connectivity index (χ0n) is 59.4. The van der Waals surface area contributed by atoms with Crippen LogP contribution in [0.5, 0.6) is 0 Å². The fourth-order valence-corrected chi connectivity index (χ4v) is 20.0. The Hall–Kier alpha value is -6.78. The molecular formula is C87H102BN3. The Morgan fingerprint density at radius 3 is 1.38 bits per heavy atom. The van der Waals surface area contributed by atoms with Gasteiger partial charge in [-0.3, -0.25) is 0 Å². The summed E-state index contributed by atoms with van der Waals surface area (Å²) in [5, 5.41) is 0. The van der Waals surface area contributed by atoms with Crippen molar-refractivity contribution in [2.45, 2.75) is 251 Å². The van der Waals surface area contributed by atoms with E-state index in [1.165, 1.54) is 153 Å². The maximum Gasteiger partial charge on any atom is 0.252 e. The minimum absolute atomic E-state index is 0.00209. The van der Waals surface area contributed by atoms with Gasteiger partial charge in [-0.05, 0) is 239 Å². The quantitative estimate of drug-likeness (QED) is 0.159. The molecule has 0 amide bonds. The molecule has 3 aliphatic heterocycles. The molecule has 7 aliphatic rings. The van der Waals surface area contributed by atoms with Crippen molar-refractivity contribution in [3.05, 3.63) is 195 Å². The van der Waals surface area contributed by atoms with Crippen LogP contribution in [0.15, 0.2) is 140 Å². The van der Waals surface area contributed by atoms with E-state index in [4.69, 9.17) is 0 Å². The molecule has 1 fully saturated rings. The van der Waals surface area contributed by atoms with E-state index in [2.05, 4.69) is 300 Å². The maximum atomic E-state index is 2.90. The molecule has 0 bridgehead atoms. The highest BCUT2D eigenvalue weighted by atomic mass is 15.3. The van der Waals surface area contributed by atoms with Crippen LogP contribution in [0.1, 0.15) is 245 Å². The molecule has 91 heavy (non-hydrogen) atoms.